The van der Waals surface area contributed by atoms with Gasteiger partial charge in [0, 0.05) is 5.92 Å². The summed E-state index contributed by atoms with van der Waals surface area (Å²) < 4.78 is 0. The van der Waals surface area contributed by atoms with Crippen molar-refractivity contribution in [1.82, 2.24) is 0 Å². The van der Waals surface area contributed by atoms with Crippen LogP contribution in [-0.2, 0) is 0 Å². The van der Waals surface area contributed by atoms with Crippen molar-refractivity contribution in [3.05, 3.63) is 11.6 Å². The van der Waals surface area contributed by atoms with Crippen molar-refractivity contribution in [1.29, 1.82) is 0 Å². The van der Waals surface area contributed by atoms with E-state index in [9.17, 15) is 5.11 Å². The summed E-state index contributed by atoms with van der Waals surface area (Å²) in [6.45, 7) is 8.62. The first-order chi connectivity index (χ1) is 6.02. The molecule has 1 nitrogen and oxygen atoms in total. The Bertz CT molecular complexity index is 191. The van der Waals surface area contributed by atoms with Gasteiger partial charge in [-0.05, 0) is 38.5 Å². The molecule has 13 heavy (non-hydrogen) atoms. The largest absolute Gasteiger partial charge is 0.392 e. The molecule has 0 amide bonds. The Balaban J connectivity index is 2.64. The van der Waals surface area contributed by atoms with E-state index in [1.807, 2.05) is 0 Å². The van der Waals surface area contributed by atoms with Crippen LogP contribution in [0.25, 0.3) is 0 Å². The number of hydrogen-bond donors (Lipinski definition) is 1. The number of rotatable bonds is 1. The fraction of sp³-hybridized carbons (Fsp3) is 0.833. The lowest BCUT2D eigenvalue weighted by atomic mass is 9.73. The molecular formula is C12H22O. The van der Waals surface area contributed by atoms with E-state index in [4.69, 9.17) is 0 Å². The second kappa shape index (κ2) is 4.28. The van der Waals surface area contributed by atoms with Crippen LogP contribution in [0.2, 0.25) is 0 Å². The average molecular weight is 182 g/mol. The summed E-state index contributed by atoms with van der Waals surface area (Å²) in [7, 11) is 0. The third-order valence-electron chi connectivity index (χ3n) is 3.38. The molecule has 4 atom stereocenters. The Morgan fingerprint density at radius 2 is 1.85 bits per heavy atom. The van der Waals surface area contributed by atoms with Crippen LogP contribution in [0.1, 0.15) is 40.5 Å². The van der Waals surface area contributed by atoms with Gasteiger partial charge in [-0.25, -0.2) is 0 Å². The summed E-state index contributed by atoms with van der Waals surface area (Å²) in [6, 6.07) is 0. The van der Waals surface area contributed by atoms with E-state index in [2.05, 4.69) is 33.8 Å². The highest BCUT2D eigenvalue weighted by Gasteiger charge is 2.31. The number of allylic oxidation sites excluding steroid dienone is 1. The highest BCUT2D eigenvalue weighted by Crippen LogP contribution is 2.34. The molecular weight excluding hydrogens is 160 g/mol. The van der Waals surface area contributed by atoms with Crippen LogP contribution in [0.5, 0.6) is 0 Å². The highest BCUT2D eigenvalue weighted by atomic mass is 16.3. The van der Waals surface area contributed by atoms with E-state index < -0.39 is 0 Å². The Morgan fingerprint density at radius 1 is 1.23 bits per heavy atom. The molecule has 0 aromatic heterocycles. The molecule has 0 saturated heterocycles. The van der Waals surface area contributed by atoms with Crippen molar-refractivity contribution in [2.24, 2.45) is 17.8 Å². The van der Waals surface area contributed by atoms with Gasteiger partial charge >= 0.3 is 0 Å². The molecule has 1 aliphatic rings. The van der Waals surface area contributed by atoms with Crippen molar-refractivity contribution < 1.29 is 5.11 Å². The number of hydrogen-bond acceptors (Lipinski definition) is 1. The Kier molecular flexibility index (Phi) is 3.55. The van der Waals surface area contributed by atoms with Crippen LogP contribution in [0.3, 0.4) is 0 Å². The van der Waals surface area contributed by atoms with E-state index in [1.165, 1.54) is 12.0 Å². The van der Waals surface area contributed by atoms with Gasteiger partial charge in [-0.1, -0.05) is 25.5 Å². The zero-order valence-corrected chi connectivity index (χ0v) is 9.25. The van der Waals surface area contributed by atoms with Crippen LogP contribution in [0, 0.1) is 17.8 Å². The molecule has 0 spiro atoms. The third-order valence-corrected chi connectivity index (χ3v) is 3.38. The Labute approximate surface area is 81.9 Å². The third kappa shape index (κ3) is 2.57. The fourth-order valence-corrected chi connectivity index (χ4v) is 2.23. The van der Waals surface area contributed by atoms with E-state index in [0.717, 1.165) is 6.42 Å². The molecule has 76 valence electrons. The van der Waals surface area contributed by atoms with Gasteiger partial charge in [-0.3, -0.25) is 0 Å². The summed E-state index contributed by atoms with van der Waals surface area (Å²) >= 11 is 0. The monoisotopic (exact) mass is 182 g/mol. The maximum absolute atomic E-state index is 10.0. The van der Waals surface area contributed by atoms with Gasteiger partial charge < -0.3 is 5.11 Å². The first kappa shape index (κ1) is 10.8. The molecule has 0 radical (unpaired) electrons. The smallest absolute Gasteiger partial charge is 0.0630 e. The van der Waals surface area contributed by atoms with Crippen molar-refractivity contribution in [2.75, 3.05) is 0 Å². The molecule has 0 heterocycles. The summed E-state index contributed by atoms with van der Waals surface area (Å²) in [5, 5.41) is 10.0. The minimum absolute atomic E-state index is 0.126. The molecule has 1 saturated carbocycles. The van der Waals surface area contributed by atoms with E-state index >= 15 is 0 Å². The predicted octanol–water partition coefficient (Wildman–Crippen LogP) is 3.00. The second-order valence-corrected chi connectivity index (χ2v) is 4.81. The van der Waals surface area contributed by atoms with Crippen LogP contribution in [-0.4, -0.2) is 11.2 Å². The van der Waals surface area contributed by atoms with Crippen molar-refractivity contribution in [3.8, 4) is 0 Å². The molecule has 1 fully saturated rings. The van der Waals surface area contributed by atoms with Gasteiger partial charge in [0.05, 0.1) is 6.10 Å². The molecule has 1 heteroatoms. The van der Waals surface area contributed by atoms with Gasteiger partial charge in [0.25, 0.3) is 0 Å². The minimum Gasteiger partial charge on any atom is -0.392 e. The topological polar surface area (TPSA) is 20.2 Å². The highest BCUT2D eigenvalue weighted by molar-refractivity contribution is 5.02. The van der Waals surface area contributed by atoms with Gasteiger partial charge in [0.2, 0.25) is 0 Å². The fourth-order valence-electron chi connectivity index (χ4n) is 2.23. The van der Waals surface area contributed by atoms with Crippen LogP contribution in [0.4, 0.5) is 0 Å². The maximum Gasteiger partial charge on any atom is 0.0630 e. The molecule has 0 aromatic carbocycles. The Morgan fingerprint density at radius 3 is 2.38 bits per heavy atom. The average Bonchev–Trinajstić information content (AvgIpc) is 2.06. The normalized spacial score (nSPS) is 40.1. The standard InChI is InChI=1S/C12H22O/c1-8(2)7-11-6-5-9(3)10(4)12(11)13/h7,9-13H,5-6H2,1-4H3. The number of aliphatic hydroxyl groups is 1. The predicted molar refractivity (Wildman–Crippen MR) is 56.5 cm³/mol. The van der Waals surface area contributed by atoms with Gasteiger partial charge in [0.1, 0.15) is 0 Å². The molecule has 0 bridgehead atoms. The first-order valence-electron chi connectivity index (χ1n) is 5.35. The summed E-state index contributed by atoms with van der Waals surface area (Å²) in [6.07, 6.45) is 4.51. The van der Waals surface area contributed by atoms with E-state index in [0.29, 0.717) is 17.8 Å². The van der Waals surface area contributed by atoms with E-state index in [-0.39, 0.29) is 6.10 Å². The first-order valence-corrected chi connectivity index (χ1v) is 5.35. The van der Waals surface area contributed by atoms with Gasteiger partial charge in [-0.2, -0.15) is 0 Å². The van der Waals surface area contributed by atoms with Crippen LogP contribution < -0.4 is 0 Å². The van der Waals surface area contributed by atoms with Crippen LogP contribution in [0.15, 0.2) is 11.6 Å². The Hall–Kier alpha value is -0.300. The molecule has 1 aliphatic carbocycles. The SMILES string of the molecule is CC(C)=CC1CCC(C)C(C)C1O. The quantitative estimate of drug-likeness (QED) is 0.618. The molecule has 0 aliphatic heterocycles. The zero-order chi connectivity index (χ0) is 10.0. The second-order valence-electron chi connectivity index (χ2n) is 4.81. The zero-order valence-electron chi connectivity index (χ0n) is 9.25. The van der Waals surface area contributed by atoms with Crippen molar-refractivity contribution >= 4 is 0 Å². The lowest BCUT2D eigenvalue weighted by Crippen LogP contribution is -2.35. The van der Waals surface area contributed by atoms with Crippen molar-refractivity contribution in [3.63, 3.8) is 0 Å². The van der Waals surface area contributed by atoms with Crippen LogP contribution >= 0.6 is 0 Å². The minimum atomic E-state index is -0.126. The van der Waals surface area contributed by atoms with Crippen molar-refractivity contribution in [2.45, 2.75) is 46.6 Å². The van der Waals surface area contributed by atoms with E-state index in [1.54, 1.807) is 0 Å². The summed E-state index contributed by atoms with van der Waals surface area (Å²) in [5.41, 5.74) is 1.32. The molecule has 1 N–H and O–H groups in total. The summed E-state index contributed by atoms with van der Waals surface area (Å²) in [4.78, 5) is 0. The van der Waals surface area contributed by atoms with Gasteiger partial charge in [0.15, 0.2) is 0 Å². The van der Waals surface area contributed by atoms with Gasteiger partial charge in [-0.15, -0.1) is 0 Å². The molecule has 4 unspecified atom stereocenters. The maximum atomic E-state index is 10.0. The lowest BCUT2D eigenvalue weighted by molar-refractivity contribution is 0.0167. The summed E-state index contributed by atoms with van der Waals surface area (Å²) in [5.74, 6) is 1.53. The molecule has 1 rings (SSSR count). The number of aliphatic hydroxyl groups excluding tert-OH is 1. The lowest BCUT2D eigenvalue weighted by Gasteiger charge is -2.36. The molecule has 0 aromatic rings.